The van der Waals surface area contributed by atoms with Gasteiger partial charge in [-0.15, -0.1) is 22.7 Å². The molecule has 0 N–H and O–H groups in total. The predicted molar refractivity (Wildman–Crippen MR) is 75.2 cm³/mol. The molecule has 78 valence electrons. The maximum absolute atomic E-state index is 12.0. The lowest BCUT2D eigenvalue weighted by atomic mass is 10.2. The summed E-state index contributed by atoms with van der Waals surface area (Å²) in [4.78, 5) is 12.8. The van der Waals surface area contributed by atoms with Gasteiger partial charge in [0.15, 0.2) is 0 Å². The van der Waals surface area contributed by atoms with Gasteiger partial charge in [-0.3, -0.25) is 4.79 Å². The van der Waals surface area contributed by atoms with E-state index in [0.29, 0.717) is 5.56 Å². The highest BCUT2D eigenvalue weighted by atomic mass is 79.9. The predicted octanol–water partition coefficient (Wildman–Crippen LogP) is 5.33. The Kier molecular flexibility index (Phi) is 3.83. The highest BCUT2D eigenvalue weighted by Gasteiger charge is 2.16. The van der Waals surface area contributed by atoms with Gasteiger partial charge in [-0.2, -0.15) is 0 Å². The standard InChI is InChI=1S/C9H3Br3OS2/c10-6-2-1-5(14-6)8(13)4-3-7(11)15-9(4)12/h1-3H. The number of carbonyl (C=O) groups excluding carboxylic acids is 1. The number of thiophene rings is 2. The van der Waals surface area contributed by atoms with Crippen LogP contribution < -0.4 is 0 Å². The van der Waals surface area contributed by atoms with E-state index in [0.717, 1.165) is 16.2 Å². The van der Waals surface area contributed by atoms with E-state index in [2.05, 4.69) is 47.8 Å². The van der Waals surface area contributed by atoms with E-state index in [1.165, 1.54) is 22.7 Å². The van der Waals surface area contributed by atoms with Gasteiger partial charge in [0.1, 0.15) is 0 Å². The van der Waals surface area contributed by atoms with Gasteiger partial charge < -0.3 is 0 Å². The molecule has 2 heterocycles. The van der Waals surface area contributed by atoms with Crippen molar-refractivity contribution < 1.29 is 4.79 Å². The first-order chi connectivity index (χ1) is 7.08. The first-order valence-corrected chi connectivity index (χ1v) is 7.84. The van der Waals surface area contributed by atoms with Crippen LogP contribution in [0.1, 0.15) is 15.2 Å². The average Bonchev–Trinajstić information content (AvgIpc) is 2.71. The molecule has 6 heteroatoms. The molecule has 0 radical (unpaired) electrons. The summed E-state index contributed by atoms with van der Waals surface area (Å²) in [5.74, 6) is 0.0551. The third-order valence-corrected chi connectivity index (χ3v) is 5.66. The summed E-state index contributed by atoms with van der Waals surface area (Å²) >= 11 is 13.0. The van der Waals surface area contributed by atoms with E-state index in [-0.39, 0.29) is 5.78 Å². The zero-order valence-electron chi connectivity index (χ0n) is 7.09. The number of rotatable bonds is 2. The SMILES string of the molecule is O=C(c1ccc(Br)s1)c1cc(Br)sc1Br. The van der Waals surface area contributed by atoms with Gasteiger partial charge in [-0.25, -0.2) is 0 Å². The summed E-state index contributed by atoms with van der Waals surface area (Å²) in [6.07, 6.45) is 0. The van der Waals surface area contributed by atoms with Crippen LogP contribution in [0.4, 0.5) is 0 Å². The lowest BCUT2D eigenvalue weighted by Crippen LogP contribution is -1.96. The summed E-state index contributed by atoms with van der Waals surface area (Å²) < 4.78 is 2.79. The van der Waals surface area contributed by atoms with Crippen LogP contribution in [-0.2, 0) is 0 Å². The second kappa shape index (κ2) is 4.79. The molecule has 0 unspecified atom stereocenters. The normalized spacial score (nSPS) is 10.6. The Hall–Kier alpha value is 0.510. The minimum absolute atomic E-state index is 0.0551. The Morgan fingerprint density at radius 3 is 2.27 bits per heavy atom. The molecule has 0 aliphatic carbocycles. The molecule has 0 aliphatic rings. The first-order valence-electron chi connectivity index (χ1n) is 3.83. The molecule has 0 aromatic carbocycles. The van der Waals surface area contributed by atoms with Gasteiger partial charge in [-0.1, -0.05) is 0 Å². The molecule has 0 fully saturated rings. The molecule has 0 saturated heterocycles. The fourth-order valence-corrected chi connectivity index (χ4v) is 5.20. The molecule has 2 aromatic heterocycles. The second-order valence-electron chi connectivity index (χ2n) is 2.67. The first kappa shape index (κ1) is 12.0. The van der Waals surface area contributed by atoms with Gasteiger partial charge in [0.25, 0.3) is 0 Å². The molecule has 0 amide bonds. The Morgan fingerprint density at radius 2 is 1.80 bits per heavy atom. The second-order valence-corrected chi connectivity index (χ2v) is 8.88. The van der Waals surface area contributed by atoms with Gasteiger partial charge in [0, 0.05) is 5.56 Å². The van der Waals surface area contributed by atoms with Crippen LogP contribution in [0.15, 0.2) is 29.6 Å². The molecule has 0 bridgehead atoms. The van der Waals surface area contributed by atoms with Crippen molar-refractivity contribution in [1.82, 2.24) is 0 Å². The molecule has 0 atom stereocenters. The number of hydrogen-bond donors (Lipinski definition) is 0. The summed E-state index contributed by atoms with van der Waals surface area (Å²) in [6.45, 7) is 0. The van der Waals surface area contributed by atoms with E-state index in [4.69, 9.17) is 0 Å². The number of halogens is 3. The van der Waals surface area contributed by atoms with Crippen LogP contribution in [-0.4, -0.2) is 5.78 Å². The summed E-state index contributed by atoms with van der Waals surface area (Å²) in [6, 6.07) is 5.55. The van der Waals surface area contributed by atoms with Crippen LogP contribution in [0.2, 0.25) is 0 Å². The maximum atomic E-state index is 12.0. The molecule has 15 heavy (non-hydrogen) atoms. The van der Waals surface area contributed by atoms with Gasteiger partial charge >= 0.3 is 0 Å². The van der Waals surface area contributed by atoms with Crippen LogP contribution in [0.5, 0.6) is 0 Å². The molecular formula is C9H3Br3OS2. The van der Waals surface area contributed by atoms with Crippen molar-refractivity contribution in [3.63, 3.8) is 0 Å². The van der Waals surface area contributed by atoms with E-state index in [1.807, 2.05) is 18.2 Å². The quantitative estimate of drug-likeness (QED) is 0.588. The molecule has 0 aliphatic heterocycles. The molecule has 2 aromatic rings. The largest absolute Gasteiger partial charge is 0.288 e. The lowest BCUT2D eigenvalue weighted by molar-refractivity contribution is 0.104. The van der Waals surface area contributed by atoms with E-state index < -0.39 is 0 Å². The van der Waals surface area contributed by atoms with Crippen LogP contribution in [0.3, 0.4) is 0 Å². The summed E-state index contributed by atoms with van der Waals surface area (Å²) in [7, 11) is 0. The van der Waals surface area contributed by atoms with Gasteiger partial charge in [0.2, 0.25) is 5.78 Å². The minimum atomic E-state index is 0.0551. The Labute approximate surface area is 120 Å². The van der Waals surface area contributed by atoms with Gasteiger partial charge in [0.05, 0.1) is 16.2 Å². The van der Waals surface area contributed by atoms with Crippen molar-refractivity contribution in [2.24, 2.45) is 0 Å². The maximum Gasteiger partial charge on any atom is 0.205 e. The number of hydrogen-bond acceptors (Lipinski definition) is 3. The summed E-state index contributed by atoms with van der Waals surface area (Å²) in [5, 5.41) is 0. The van der Waals surface area contributed by atoms with Crippen molar-refractivity contribution in [1.29, 1.82) is 0 Å². The van der Waals surface area contributed by atoms with E-state index in [1.54, 1.807) is 0 Å². The minimum Gasteiger partial charge on any atom is -0.288 e. The zero-order valence-corrected chi connectivity index (χ0v) is 13.5. The van der Waals surface area contributed by atoms with Crippen molar-refractivity contribution in [2.75, 3.05) is 0 Å². The van der Waals surface area contributed by atoms with E-state index >= 15 is 0 Å². The van der Waals surface area contributed by atoms with Crippen molar-refractivity contribution >= 4 is 76.2 Å². The molecule has 0 spiro atoms. The average molecular weight is 431 g/mol. The van der Waals surface area contributed by atoms with Crippen LogP contribution >= 0.6 is 70.5 Å². The molecule has 2 rings (SSSR count). The third kappa shape index (κ3) is 2.61. The Morgan fingerprint density at radius 1 is 1.07 bits per heavy atom. The lowest BCUT2D eigenvalue weighted by Gasteiger charge is -1.93. The topological polar surface area (TPSA) is 17.1 Å². The highest BCUT2D eigenvalue weighted by Crippen LogP contribution is 2.34. The molecule has 1 nitrogen and oxygen atoms in total. The van der Waals surface area contributed by atoms with Crippen molar-refractivity contribution in [3.05, 3.63) is 40.0 Å². The van der Waals surface area contributed by atoms with E-state index in [9.17, 15) is 4.79 Å². The van der Waals surface area contributed by atoms with Crippen LogP contribution in [0.25, 0.3) is 0 Å². The number of carbonyl (C=O) groups is 1. The smallest absolute Gasteiger partial charge is 0.205 e. The monoisotopic (exact) mass is 428 g/mol. The zero-order chi connectivity index (χ0) is 11.0. The Balaban J connectivity index is 2.40. The highest BCUT2D eigenvalue weighted by molar-refractivity contribution is 9.12. The van der Waals surface area contributed by atoms with Gasteiger partial charge in [-0.05, 0) is 66.0 Å². The fourth-order valence-electron chi connectivity index (χ4n) is 1.06. The van der Waals surface area contributed by atoms with Crippen LogP contribution in [0, 0.1) is 0 Å². The van der Waals surface area contributed by atoms with Crippen molar-refractivity contribution in [2.45, 2.75) is 0 Å². The molecular weight excluding hydrogens is 428 g/mol. The third-order valence-electron chi connectivity index (χ3n) is 1.70. The van der Waals surface area contributed by atoms with Crippen molar-refractivity contribution in [3.8, 4) is 0 Å². The molecule has 0 saturated carbocycles. The summed E-state index contributed by atoms with van der Waals surface area (Å²) in [5.41, 5.74) is 0.709. The fraction of sp³-hybridized carbons (Fsp3) is 0. The Bertz CT molecular complexity index is 515. The number of ketones is 1.